The highest BCUT2D eigenvalue weighted by atomic mass is 28.3. The number of nitro groups is 1. The first-order chi connectivity index (χ1) is 9.18. The van der Waals surface area contributed by atoms with Crippen molar-refractivity contribution in [3.63, 3.8) is 0 Å². The molecule has 0 atom stereocenters. The molecule has 6 heteroatoms. The predicted octanol–water partition coefficient (Wildman–Crippen LogP) is 3.26. The summed E-state index contributed by atoms with van der Waals surface area (Å²) in [7, 11) is -1.31. The normalized spacial score (nSPS) is 11.4. The van der Waals surface area contributed by atoms with Crippen molar-refractivity contribution < 1.29 is 9.35 Å². The smallest absolute Gasteiger partial charge is 0.279 e. The largest absolute Gasteiger partial charge is 0.416 e. The van der Waals surface area contributed by atoms with E-state index in [2.05, 4.69) is 0 Å². The van der Waals surface area contributed by atoms with Crippen LogP contribution < -0.4 is 0 Å². The van der Waals surface area contributed by atoms with Gasteiger partial charge >= 0.3 is 0 Å². The maximum atomic E-state index is 11.5. The summed E-state index contributed by atoms with van der Waals surface area (Å²) in [4.78, 5) is 11.1. The van der Waals surface area contributed by atoms with Gasteiger partial charge in [-0.3, -0.25) is 10.1 Å². The molecule has 108 valence electrons. The molecule has 0 saturated carbocycles. The highest BCUT2D eigenvalue weighted by Gasteiger charge is 2.30. The summed E-state index contributed by atoms with van der Waals surface area (Å²) in [6.07, 6.45) is 0. The molecule has 0 heterocycles. The molecule has 0 aliphatic rings. The third kappa shape index (κ3) is 3.65. The van der Waals surface area contributed by atoms with Crippen LogP contribution in [0.4, 0.5) is 5.69 Å². The van der Waals surface area contributed by atoms with E-state index in [0.29, 0.717) is 16.7 Å². The topological polar surface area (TPSA) is 76.2 Å². The van der Waals surface area contributed by atoms with Gasteiger partial charge in [0.15, 0.2) is 9.04 Å². The van der Waals surface area contributed by atoms with E-state index in [-0.39, 0.29) is 17.7 Å². The van der Waals surface area contributed by atoms with Crippen LogP contribution in [0.15, 0.2) is 12.1 Å². The van der Waals surface area contributed by atoms with Crippen LogP contribution in [0.5, 0.6) is 0 Å². The van der Waals surface area contributed by atoms with E-state index in [1.54, 1.807) is 12.1 Å². The molecule has 1 aromatic carbocycles. The monoisotopic (exact) mass is 292 g/mol. The number of hydrogen-bond donors (Lipinski definition) is 0. The SMILES string of the molecule is C[SiH](C)OCc1c(C#N)ccc(C(C)(C)C)c1[N+](=O)[O-]. The summed E-state index contributed by atoms with van der Waals surface area (Å²) in [5, 5.41) is 20.6. The van der Waals surface area contributed by atoms with Crippen LogP contribution in [0.25, 0.3) is 0 Å². The standard InChI is InChI=1S/C14H20N2O3Si/c1-14(2,3)12-7-6-10(8-15)11(9-19-20(4)5)13(12)16(17)18/h6-7,20H,9H2,1-5H3. The molecule has 0 aliphatic heterocycles. The van der Waals surface area contributed by atoms with E-state index in [9.17, 15) is 10.1 Å². The number of hydrogen-bond acceptors (Lipinski definition) is 4. The van der Waals surface area contributed by atoms with Crippen LogP contribution in [-0.4, -0.2) is 14.0 Å². The molecule has 0 unspecified atom stereocenters. The Hall–Kier alpha value is -1.71. The summed E-state index contributed by atoms with van der Waals surface area (Å²) in [6, 6.07) is 5.34. The highest BCUT2D eigenvalue weighted by molar-refractivity contribution is 6.48. The van der Waals surface area contributed by atoms with Crippen molar-refractivity contribution in [2.45, 2.75) is 45.9 Å². The van der Waals surface area contributed by atoms with Gasteiger partial charge < -0.3 is 4.43 Å². The molecule has 5 nitrogen and oxygen atoms in total. The molecule has 1 aromatic rings. The molecule has 0 fully saturated rings. The number of nitro benzene ring substituents is 1. The van der Waals surface area contributed by atoms with Crippen LogP contribution in [0.3, 0.4) is 0 Å². The third-order valence-corrected chi connectivity index (χ3v) is 3.79. The van der Waals surface area contributed by atoms with Crippen molar-refractivity contribution >= 4 is 14.7 Å². The molecule has 0 N–H and O–H groups in total. The zero-order valence-electron chi connectivity index (χ0n) is 12.6. The Morgan fingerprint density at radius 2 is 2.00 bits per heavy atom. The summed E-state index contributed by atoms with van der Waals surface area (Å²) in [6.45, 7) is 9.87. The lowest BCUT2D eigenvalue weighted by Gasteiger charge is -2.21. The maximum Gasteiger partial charge on any atom is 0.279 e. The van der Waals surface area contributed by atoms with Gasteiger partial charge in [-0.05, 0) is 24.6 Å². The van der Waals surface area contributed by atoms with Crippen molar-refractivity contribution in [1.82, 2.24) is 0 Å². The predicted molar refractivity (Wildman–Crippen MR) is 80.2 cm³/mol. The summed E-state index contributed by atoms with van der Waals surface area (Å²) >= 11 is 0. The molecule has 1 rings (SSSR count). The van der Waals surface area contributed by atoms with Gasteiger partial charge in [0, 0.05) is 5.56 Å². The third-order valence-electron chi connectivity index (χ3n) is 2.95. The second-order valence-electron chi connectivity index (χ2n) is 5.97. The molecule has 0 saturated heterocycles. The Balaban J connectivity index is 3.50. The molecule has 0 aliphatic carbocycles. The van der Waals surface area contributed by atoms with Gasteiger partial charge in [-0.2, -0.15) is 5.26 Å². The fourth-order valence-corrected chi connectivity index (χ4v) is 2.45. The van der Waals surface area contributed by atoms with Gasteiger partial charge in [0.1, 0.15) is 0 Å². The van der Waals surface area contributed by atoms with E-state index < -0.39 is 14.0 Å². The molecule has 0 radical (unpaired) electrons. The number of rotatable bonds is 4. The van der Waals surface area contributed by atoms with Crippen LogP contribution in [-0.2, 0) is 16.4 Å². The van der Waals surface area contributed by atoms with Crippen molar-refractivity contribution in [3.8, 4) is 6.07 Å². The lowest BCUT2D eigenvalue weighted by atomic mass is 9.83. The lowest BCUT2D eigenvalue weighted by molar-refractivity contribution is -0.387. The van der Waals surface area contributed by atoms with Crippen LogP contribution >= 0.6 is 0 Å². The highest BCUT2D eigenvalue weighted by Crippen LogP contribution is 2.35. The Morgan fingerprint density at radius 3 is 2.40 bits per heavy atom. The molecular weight excluding hydrogens is 272 g/mol. The Kier molecular flexibility index (Phi) is 5.03. The molecule has 0 bridgehead atoms. The van der Waals surface area contributed by atoms with E-state index in [1.807, 2.05) is 39.9 Å². The first-order valence-electron chi connectivity index (χ1n) is 6.51. The number of benzene rings is 1. The van der Waals surface area contributed by atoms with Gasteiger partial charge in [-0.1, -0.05) is 26.8 Å². The Bertz CT molecular complexity index is 557. The minimum absolute atomic E-state index is 0.0196. The Morgan fingerprint density at radius 1 is 1.40 bits per heavy atom. The van der Waals surface area contributed by atoms with E-state index in [0.717, 1.165) is 0 Å². The van der Waals surface area contributed by atoms with Crippen LogP contribution in [0, 0.1) is 21.4 Å². The summed E-state index contributed by atoms with van der Waals surface area (Å²) < 4.78 is 5.61. The van der Waals surface area contributed by atoms with Gasteiger partial charge in [-0.15, -0.1) is 0 Å². The van der Waals surface area contributed by atoms with E-state index >= 15 is 0 Å². The average molecular weight is 292 g/mol. The second-order valence-corrected chi connectivity index (χ2v) is 8.40. The average Bonchev–Trinajstić information content (AvgIpc) is 2.33. The Labute approximate surface area is 121 Å². The van der Waals surface area contributed by atoms with Gasteiger partial charge in [0.05, 0.1) is 28.7 Å². The zero-order valence-corrected chi connectivity index (χ0v) is 13.7. The molecule has 20 heavy (non-hydrogen) atoms. The maximum absolute atomic E-state index is 11.5. The van der Waals surface area contributed by atoms with Gasteiger partial charge in [-0.25, -0.2) is 0 Å². The fraction of sp³-hybridized carbons (Fsp3) is 0.500. The number of nitriles is 1. The second kappa shape index (κ2) is 6.16. The molecule has 0 amide bonds. The molecule has 0 spiro atoms. The van der Waals surface area contributed by atoms with Crippen molar-refractivity contribution in [2.75, 3.05) is 0 Å². The van der Waals surface area contributed by atoms with Crippen molar-refractivity contribution in [1.29, 1.82) is 5.26 Å². The minimum Gasteiger partial charge on any atom is -0.416 e. The van der Waals surface area contributed by atoms with Gasteiger partial charge in [0.2, 0.25) is 0 Å². The summed E-state index contributed by atoms with van der Waals surface area (Å²) in [5.74, 6) is 0. The van der Waals surface area contributed by atoms with Crippen molar-refractivity contribution in [2.24, 2.45) is 0 Å². The van der Waals surface area contributed by atoms with Crippen LogP contribution in [0.1, 0.15) is 37.5 Å². The molecular formula is C14H20N2O3Si. The lowest BCUT2D eigenvalue weighted by Crippen LogP contribution is -2.17. The first kappa shape index (κ1) is 16.3. The fourth-order valence-electron chi connectivity index (χ4n) is 1.95. The van der Waals surface area contributed by atoms with E-state index in [1.165, 1.54) is 0 Å². The quantitative estimate of drug-likeness (QED) is 0.485. The summed E-state index contributed by atoms with van der Waals surface area (Å²) in [5.41, 5.74) is 1.00. The van der Waals surface area contributed by atoms with E-state index in [4.69, 9.17) is 9.69 Å². The number of nitrogens with zero attached hydrogens (tertiary/aromatic N) is 2. The minimum atomic E-state index is -1.31. The van der Waals surface area contributed by atoms with Crippen molar-refractivity contribution in [3.05, 3.63) is 38.9 Å². The first-order valence-corrected chi connectivity index (χ1v) is 9.29. The van der Waals surface area contributed by atoms with Gasteiger partial charge in [0.25, 0.3) is 5.69 Å². The van der Waals surface area contributed by atoms with Crippen LogP contribution in [0.2, 0.25) is 13.1 Å². The zero-order chi connectivity index (χ0) is 15.5. The molecule has 0 aromatic heterocycles.